The summed E-state index contributed by atoms with van der Waals surface area (Å²) in [6, 6.07) is 101. The second-order valence-corrected chi connectivity index (χ2v) is 17.4. The van der Waals surface area contributed by atoms with Crippen LogP contribution in [-0.2, 0) is 0 Å². The van der Waals surface area contributed by atoms with E-state index in [4.69, 9.17) is 0 Å². The third-order valence-electron chi connectivity index (χ3n) is 13.2. The van der Waals surface area contributed by atoms with Crippen molar-refractivity contribution in [3.8, 4) is 44.5 Å². The lowest BCUT2D eigenvalue weighted by atomic mass is 9.93. The fourth-order valence-corrected chi connectivity index (χ4v) is 9.75. The van der Waals surface area contributed by atoms with Gasteiger partial charge in [0, 0.05) is 33.9 Å². The predicted octanol–water partition coefficient (Wildman–Crippen LogP) is 18.8. The van der Waals surface area contributed by atoms with Crippen molar-refractivity contribution in [2.45, 2.75) is 0 Å². The van der Waals surface area contributed by atoms with Gasteiger partial charge < -0.3 is 9.80 Å². The van der Waals surface area contributed by atoms with Crippen molar-refractivity contribution in [2.75, 3.05) is 9.80 Å². The highest BCUT2D eigenvalue weighted by Crippen LogP contribution is 2.48. The molecule has 12 rings (SSSR count). The molecule has 0 saturated heterocycles. The quantitative estimate of drug-likeness (QED) is 0.135. The molecule has 0 aromatic heterocycles. The Morgan fingerprint density at radius 1 is 0.176 bits per heavy atom. The summed E-state index contributed by atoms with van der Waals surface area (Å²) >= 11 is 0. The second kappa shape index (κ2) is 17.8. The van der Waals surface area contributed by atoms with Gasteiger partial charge in [0.05, 0.1) is 11.4 Å². The minimum atomic E-state index is 1.08. The Hall–Kier alpha value is -8.98. The van der Waals surface area contributed by atoms with Gasteiger partial charge >= 0.3 is 0 Å². The van der Waals surface area contributed by atoms with Crippen molar-refractivity contribution < 1.29 is 0 Å². The first-order valence-corrected chi connectivity index (χ1v) is 23.3. The van der Waals surface area contributed by atoms with E-state index < -0.39 is 0 Å². The molecule has 68 heavy (non-hydrogen) atoms. The standard InChI is InChI=1S/C66H46N2/c1-5-19-51(20-6-1)63-43-57-46-66(68(60-27-11-4-12-28-60)62-39-35-50(36-40-62)56-32-30-48-18-14-16-24-54(48)42-56)64(52-21-7-2-8-22-52)44-58(57)45-65(63)67(59-25-9-3-10-26-59)61-37-33-49(34-38-61)55-31-29-47-17-13-15-23-53(47)41-55/h1-46H. The maximum atomic E-state index is 2.41. The molecule has 12 aromatic carbocycles. The first-order chi connectivity index (χ1) is 33.7. The Morgan fingerprint density at radius 2 is 0.485 bits per heavy atom. The van der Waals surface area contributed by atoms with Gasteiger partial charge in [-0.2, -0.15) is 0 Å². The maximum absolute atomic E-state index is 2.41. The number of hydrogen-bond acceptors (Lipinski definition) is 2. The second-order valence-electron chi connectivity index (χ2n) is 17.4. The minimum absolute atomic E-state index is 1.08. The fourth-order valence-electron chi connectivity index (χ4n) is 9.75. The van der Waals surface area contributed by atoms with Crippen LogP contribution in [0.15, 0.2) is 279 Å². The van der Waals surface area contributed by atoms with Crippen LogP contribution in [0.3, 0.4) is 0 Å². The SMILES string of the molecule is c1ccc(-c2cc3cc(N(c4ccccc4)c4ccc(-c5ccc6ccccc6c5)cc4)c(-c4ccccc4)cc3cc2N(c2ccccc2)c2ccc(-c3ccc4ccccc4c3)cc2)cc1. The first kappa shape index (κ1) is 40.5. The zero-order valence-corrected chi connectivity index (χ0v) is 37.5. The lowest BCUT2D eigenvalue weighted by Crippen LogP contribution is -2.12. The van der Waals surface area contributed by atoms with Crippen molar-refractivity contribution in [2.24, 2.45) is 0 Å². The average Bonchev–Trinajstić information content (AvgIpc) is 3.42. The molecule has 0 saturated carbocycles. The Morgan fingerprint density at radius 3 is 0.868 bits per heavy atom. The first-order valence-electron chi connectivity index (χ1n) is 23.3. The summed E-state index contributed by atoms with van der Waals surface area (Å²) in [4.78, 5) is 4.82. The number of anilines is 6. The van der Waals surface area contributed by atoms with E-state index in [1.807, 2.05) is 0 Å². The van der Waals surface area contributed by atoms with Gasteiger partial charge in [-0.1, -0.05) is 194 Å². The summed E-state index contributed by atoms with van der Waals surface area (Å²) in [5, 5.41) is 7.27. The van der Waals surface area contributed by atoms with Gasteiger partial charge in [-0.3, -0.25) is 0 Å². The summed E-state index contributed by atoms with van der Waals surface area (Å²) in [7, 11) is 0. The Kier molecular flexibility index (Phi) is 10.6. The van der Waals surface area contributed by atoms with Crippen molar-refractivity contribution in [3.05, 3.63) is 279 Å². The fraction of sp³-hybridized carbons (Fsp3) is 0. The van der Waals surface area contributed by atoms with Gasteiger partial charge in [-0.05, 0) is 151 Å². The van der Waals surface area contributed by atoms with Crippen molar-refractivity contribution in [1.82, 2.24) is 0 Å². The van der Waals surface area contributed by atoms with E-state index in [0.717, 1.165) is 67.2 Å². The van der Waals surface area contributed by atoms with Crippen LogP contribution in [-0.4, -0.2) is 0 Å². The van der Waals surface area contributed by atoms with Gasteiger partial charge in [0.15, 0.2) is 0 Å². The van der Waals surface area contributed by atoms with Gasteiger partial charge in [0.1, 0.15) is 0 Å². The summed E-state index contributed by atoms with van der Waals surface area (Å²) in [5.41, 5.74) is 15.9. The number of fused-ring (bicyclic) bond motifs is 3. The molecule has 0 unspecified atom stereocenters. The molecule has 2 nitrogen and oxygen atoms in total. The molecule has 0 atom stereocenters. The third kappa shape index (κ3) is 7.85. The molecule has 0 bridgehead atoms. The van der Waals surface area contributed by atoms with Crippen LogP contribution in [0.4, 0.5) is 34.1 Å². The lowest BCUT2D eigenvalue weighted by Gasteiger charge is -2.30. The van der Waals surface area contributed by atoms with E-state index in [9.17, 15) is 0 Å². The molecule has 0 N–H and O–H groups in total. The number of rotatable bonds is 10. The largest absolute Gasteiger partial charge is 0.310 e. The molecule has 0 aliphatic heterocycles. The molecular weight excluding hydrogens is 821 g/mol. The molecule has 320 valence electrons. The van der Waals surface area contributed by atoms with Crippen LogP contribution < -0.4 is 9.80 Å². The molecule has 0 fully saturated rings. The van der Waals surface area contributed by atoms with E-state index in [-0.39, 0.29) is 0 Å². The van der Waals surface area contributed by atoms with Crippen molar-refractivity contribution in [3.63, 3.8) is 0 Å². The summed E-state index contributed by atoms with van der Waals surface area (Å²) in [6.45, 7) is 0. The van der Waals surface area contributed by atoms with E-state index in [2.05, 4.69) is 289 Å². The van der Waals surface area contributed by atoms with Crippen molar-refractivity contribution in [1.29, 1.82) is 0 Å². The number of para-hydroxylation sites is 2. The Bertz CT molecular complexity index is 3450. The normalized spacial score (nSPS) is 11.2. The zero-order chi connectivity index (χ0) is 45.2. The van der Waals surface area contributed by atoms with Crippen LogP contribution in [0.5, 0.6) is 0 Å². The zero-order valence-electron chi connectivity index (χ0n) is 37.5. The lowest BCUT2D eigenvalue weighted by molar-refractivity contribution is 1.28. The Labute approximate surface area is 397 Å². The van der Waals surface area contributed by atoms with Gasteiger partial charge in [-0.15, -0.1) is 0 Å². The molecular formula is C66H46N2. The van der Waals surface area contributed by atoms with Gasteiger partial charge in [0.2, 0.25) is 0 Å². The van der Waals surface area contributed by atoms with Gasteiger partial charge in [0.25, 0.3) is 0 Å². The van der Waals surface area contributed by atoms with Crippen LogP contribution in [0.1, 0.15) is 0 Å². The van der Waals surface area contributed by atoms with E-state index in [0.29, 0.717) is 0 Å². The summed E-state index contributed by atoms with van der Waals surface area (Å²) in [6.07, 6.45) is 0. The smallest absolute Gasteiger partial charge is 0.0546 e. The highest BCUT2D eigenvalue weighted by Gasteiger charge is 2.23. The highest BCUT2D eigenvalue weighted by atomic mass is 15.2. The molecule has 0 radical (unpaired) electrons. The van der Waals surface area contributed by atoms with E-state index in [1.165, 1.54) is 43.8 Å². The molecule has 0 spiro atoms. The predicted molar refractivity (Wildman–Crippen MR) is 290 cm³/mol. The van der Waals surface area contributed by atoms with Crippen LogP contribution in [0, 0.1) is 0 Å². The monoisotopic (exact) mass is 866 g/mol. The van der Waals surface area contributed by atoms with Crippen molar-refractivity contribution >= 4 is 66.4 Å². The molecule has 0 aliphatic rings. The molecule has 12 aromatic rings. The van der Waals surface area contributed by atoms with E-state index >= 15 is 0 Å². The maximum Gasteiger partial charge on any atom is 0.0546 e. The minimum Gasteiger partial charge on any atom is -0.310 e. The highest BCUT2D eigenvalue weighted by molar-refractivity contribution is 6.04. The Balaban J connectivity index is 1.04. The third-order valence-corrected chi connectivity index (χ3v) is 13.2. The topological polar surface area (TPSA) is 6.48 Å². The number of nitrogens with zero attached hydrogens (tertiary/aromatic N) is 2. The summed E-state index contributed by atoms with van der Waals surface area (Å²) in [5.74, 6) is 0. The van der Waals surface area contributed by atoms with Crippen LogP contribution >= 0.6 is 0 Å². The molecule has 0 aliphatic carbocycles. The number of hydrogen-bond donors (Lipinski definition) is 0. The number of benzene rings is 12. The van der Waals surface area contributed by atoms with Gasteiger partial charge in [-0.25, -0.2) is 0 Å². The average molecular weight is 867 g/mol. The molecule has 0 amide bonds. The summed E-state index contributed by atoms with van der Waals surface area (Å²) < 4.78 is 0. The molecule has 0 heterocycles. The van der Waals surface area contributed by atoms with E-state index in [1.54, 1.807) is 0 Å². The van der Waals surface area contributed by atoms with Crippen LogP contribution in [0.25, 0.3) is 76.8 Å². The van der Waals surface area contributed by atoms with Crippen LogP contribution in [0.2, 0.25) is 0 Å². The molecule has 2 heteroatoms.